The van der Waals surface area contributed by atoms with Gasteiger partial charge in [0.25, 0.3) is 5.91 Å². The maximum absolute atomic E-state index is 12.2. The molecule has 1 atom stereocenters. The minimum absolute atomic E-state index is 0.108. The number of aromatic nitrogens is 3. The van der Waals surface area contributed by atoms with Gasteiger partial charge in [0.2, 0.25) is 0 Å². The Kier molecular flexibility index (Phi) is 3.94. The Bertz CT molecular complexity index is 548. The first-order valence-electron chi connectivity index (χ1n) is 6.27. The van der Waals surface area contributed by atoms with Gasteiger partial charge >= 0.3 is 0 Å². The van der Waals surface area contributed by atoms with Crippen LogP contribution in [0.3, 0.4) is 0 Å². The van der Waals surface area contributed by atoms with Gasteiger partial charge in [0.05, 0.1) is 24.3 Å². The summed E-state index contributed by atoms with van der Waals surface area (Å²) in [6, 6.07) is 5.61. The molecule has 100 valence electrons. The second kappa shape index (κ2) is 5.65. The third kappa shape index (κ3) is 2.99. The number of rotatable bonds is 4. The van der Waals surface area contributed by atoms with E-state index in [1.807, 2.05) is 18.2 Å². The molecule has 0 spiro atoms. The predicted molar refractivity (Wildman–Crippen MR) is 72.5 cm³/mol. The summed E-state index contributed by atoms with van der Waals surface area (Å²) in [5.74, 6) is 0.122. The van der Waals surface area contributed by atoms with Crippen molar-refractivity contribution >= 4 is 5.91 Å². The van der Waals surface area contributed by atoms with Crippen molar-refractivity contribution in [2.24, 2.45) is 13.0 Å². The second-order valence-electron chi connectivity index (χ2n) is 4.84. The van der Waals surface area contributed by atoms with E-state index in [0.717, 1.165) is 5.69 Å². The molecule has 2 aromatic heterocycles. The highest BCUT2D eigenvalue weighted by Gasteiger charge is 2.21. The molecule has 0 bridgehead atoms. The number of pyridine rings is 1. The molecule has 5 heteroatoms. The van der Waals surface area contributed by atoms with Crippen molar-refractivity contribution in [3.05, 3.63) is 48.3 Å². The van der Waals surface area contributed by atoms with Gasteiger partial charge in [-0.15, -0.1) is 0 Å². The Morgan fingerprint density at radius 3 is 2.68 bits per heavy atom. The van der Waals surface area contributed by atoms with Crippen LogP contribution in [0.5, 0.6) is 0 Å². The molecule has 1 amide bonds. The van der Waals surface area contributed by atoms with Crippen molar-refractivity contribution in [2.75, 3.05) is 0 Å². The van der Waals surface area contributed by atoms with Crippen LogP contribution in [-0.2, 0) is 7.05 Å². The average Bonchev–Trinajstić information content (AvgIpc) is 2.82. The van der Waals surface area contributed by atoms with Gasteiger partial charge in [-0.05, 0) is 18.1 Å². The fourth-order valence-electron chi connectivity index (χ4n) is 1.93. The average molecular weight is 258 g/mol. The molecule has 0 unspecified atom stereocenters. The minimum atomic E-state index is -0.135. The van der Waals surface area contributed by atoms with Gasteiger partial charge in [0.15, 0.2) is 0 Å². The highest BCUT2D eigenvalue weighted by molar-refractivity contribution is 5.92. The fourth-order valence-corrected chi connectivity index (χ4v) is 1.93. The van der Waals surface area contributed by atoms with Crippen LogP contribution in [0, 0.1) is 5.92 Å². The molecular weight excluding hydrogens is 240 g/mol. The van der Waals surface area contributed by atoms with Crippen LogP contribution in [-0.4, -0.2) is 20.4 Å². The minimum Gasteiger partial charge on any atom is -0.342 e. The van der Waals surface area contributed by atoms with Crippen molar-refractivity contribution in [1.82, 2.24) is 19.9 Å². The summed E-state index contributed by atoms with van der Waals surface area (Å²) in [6.45, 7) is 4.12. The topological polar surface area (TPSA) is 59.8 Å². The first-order valence-corrected chi connectivity index (χ1v) is 6.27. The number of carbonyl (C=O) groups excluding carboxylic acids is 1. The highest BCUT2D eigenvalue weighted by Crippen LogP contribution is 2.19. The summed E-state index contributed by atoms with van der Waals surface area (Å²) in [4.78, 5) is 20.5. The van der Waals surface area contributed by atoms with E-state index in [1.54, 1.807) is 30.3 Å². The summed E-state index contributed by atoms with van der Waals surface area (Å²) in [5, 5.41) is 3.01. The molecule has 2 rings (SSSR count). The maximum Gasteiger partial charge on any atom is 0.270 e. The number of nitrogens with one attached hydrogen (secondary N) is 1. The number of amides is 1. The Hall–Kier alpha value is -2.17. The smallest absolute Gasteiger partial charge is 0.270 e. The lowest BCUT2D eigenvalue weighted by Gasteiger charge is -2.21. The molecule has 5 nitrogen and oxygen atoms in total. The van der Waals surface area contributed by atoms with Crippen LogP contribution in [0.1, 0.15) is 36.1 Å². The summed E-state index contributed by atoms with van der Waals surface area (Å²) in [6.07, 6.45) is 4.91. The summed E-state index contributed by atoms with van der Waals surface area (Å²) in [7, 11) is 1.80. The number of hydrogen-bond acceptors (Lipinski definition) is 3. The van der Waals surface area contributed by atoms with Gasteiger partial charge in [-0.2, -0.15) is 0 Å². The lowest BCUT2D eigenvalue weighted by molar-refractivity contribution is 0.0916. The third-order valence-electron chi connectivity index (χ3n) is 3.01. The van der Waals surface area contributed by atoms with Gasteiger partial charge in [0, 0.05) is 13.2 Å². The fraction of sp³-hybridized carbons (Fsp3) is 0.357. The largest absolute Gasteiger partial charge is 0.342 e. The summed E-state index contributed by atoms with van der Waals surface area (Å²) < 4.78 is 1.70. The van der Waals surface area contributed by atoms with Gasteiger partial charge in [0.1, 0.15) is 5.69 Å². The molecule has 0 aliphatic rings. The van der Waals surface area contributed by atoms with Crippen LogP contribution in [0.4, 0.5) is 0 Å². The Morgan fingerprint density at radius 1 is 1.37 bits per heavy atom. The third-order valence-corrected chi connectivity index (χ3v) is 3.01. The Morgan fingerprint density at radius 2 is 2.16 bits per heavy atom. The first-order chi connectivity index (χ1) is 9.09. The SMILES string of the molecule is CC(C)[C@@H](NC(=O)c1cncn1C)c1ccccn1. The van der Waals surface area contributed by atoms with Crippen LogP contribution >= 0.6 is 0 Å². The quantitative estimate of drug-likeness (QED) is 0.911. The first kappa shape index (κ1) is 13.3. The summed E-state index contributed by atoms with van der Waals surface area (Å²) >= 11 is 0. The molecule has 0 saturated heterocycles. The van der Waals surface area contributed by atoms with E-state index in [9.17, 15) is 4.79 Å². The zero-order valence-corrected chi connectivity index (χ0v) is 11.4. The zero-order chi connectivity index (χ0) is 13.8. The molecule has 0 radical (unpaired) electrons. The van der Waals surface area contributed by atoms with E-state index >= 15 is 0 Å². The molecule has 1 N–H and O–H groups in total. The summed E-state index contributed by atoms with van der Waals surface area (Å²) in [5.41, 5.74) is 1.41. The predicted octanol–water partition coefficient (Wildman–Crippen LogP) is 1.94. The van der Waals surface area contributed by atoms with Crippen molar-refractivity contribution in [1.29, 1.82) is 0 Å². The lowest BCUT2D eigenvalue weighted by Crippen LogP contribution is -2.33. The highest BCUT2D eigenvalue weighted by atomic mass is 16.2. The standard InChI is InChI=1S/C14H18N4O/c1-10(2)13(11-6-4-5-7-16-11)17-14(19)12-8-15-9-18(12)3/h4-10,13H,1-3H3,(H,17,19)/t13-/m1/s1. The van der Waals surface area contributed by atoms with Crippen molar-refractivity contribution < 1.29 is 4.79 Å². The van der Waals surface area contributed by atoms with Crippen molar-refractivity contribution in [3.8, 4) is 0 Å². The van der Waals surface area contributed by atoms with Gasteiger partial charge in [-0.1, -0.05) is 19.9 Å². The molecule has 19 heavy (non-hydrogen) atoms. The molecule has 0 saturated carbocycles. The number of nitrogens with zero attached hydrogens (tertiary/aromatic N) is 3. The zero-order valence-electron chi connectivity index (χ0n) is 11.4. The van der Waals surface area contributed by atoms with Crippen LogP contribution in [0.25, 0.3) is 0 Å². The van der Waals surface area contributed by atoms with Crippen molar-refractivity contribution in [2.45, 2.75) is 19.9 Å². The molecular formula is C14H18N4O. The van der Waals surface area contributed by atoms with E-state index in [1.165, 1.54) is 0 Å². The monoisotopic (exact) mass is 258 g/mol. The molecule has 2 aromatic rings. The molecule has 0 aliphatic carbocycles. The second-order valence-corrected chi connectivity index (χ2v) is 4.84. The van der Waals surface area contributed by atoms with E-state index in [4.69, 9.17) is 0 Å². The molecule has 2 heterocycles. The number of carbonyl (C=O) groups is 1. The van der Waals surface area contributed by atoms with E-state index in [0.29, 0.717) is 5.69 Å². The molecule has 0 fully saturated rings. The number of hydrogen-bond donors (Lipinski definition) is 1. The maximum atomic E-state index is 12.2. The lowest BCUT2D eigenvalue weighted by atomic mass is 10.00. The Labute approximate surface area is 112 Å². The van der Waals surface area contributed by atoms with Crippen molar-refractivity contribution in [3.63, 3.8) is 0 Å². The van der Waals surface area contributed by atoms with Gasteiger partial charge in [-0.25, -0.2) is 4.98 Å². The molecule has 0 aromatic carbocycles. The normalized spacial score (nSPS) is 12.4. The van der Waals surface area contributed by atoms with E-state index in [2.05, 4.69) is 29.1 Å². The number of aryl methyl sites for hydroxylation is 1. The van der Waals surface area contributed by atoms with E-state index < -0.39 is 0 Å². The van der Waals surface area contributed by atoms with Gasteiger partial charge in [-0.3, -0.25) is 9.78 Å². The van der Waals surface area contributed by atoms with Crippen LogP contribution in [0.2, 0.25) is 0 Å². The molecule has 0 aliphatic heterocycles. The van der Waals surface area contributed by atoms with E-state index in [-0.39, 0.29) is 17.9 Å². The van der Waals surface area contributed by atoms with Gasteiger partial charge < -0.3 is 9.88 Å². The van der Waals surface area contributed by atoms with Crippen LogP contribution in [0.15, 0.2) is 36.9 Å². The number of imidazole rings is 1. The van der Waals surface area contributed by atoms with Crippen LogP contribution < -0.4 is 5.32 Å². The Balaban J connectivity index is 2.19.